The molecule has 0 aromatic heterocycles. The summed E-state index contributed by atoms with van der Waals surface area (Å²) >= 11 is 5.78. The predicted octanol–water partition coefficient (Wildman–Crippen LogP) is 2.33. The molecule has 2 rings (SSSR count). The molecule has 0 aliphatic heterocycles. The number of hydroxylamine groups is 1. The van der Waals surface area contributed by atoms with Gasteiger partial charge in [0.2, 0.25) is 10.0 Å². The second-order valence-corrected chi connectivity index (χ2v) is 7.87. The fraction of sp³-hybridized carbons (Fsp3) is 0.188. The van der Waals surface area contributed by atoms with E-state index in [2.05, 4.69) is 0 Å². The standard InChI is InChI=1S/C16H16ClN3O6S/c1-11(16(21)18-22)19(10-12-4-2-3-5-15(12)20(23)24)27(25,26)14-8-6-13(17)7-9-14/h2-9,11,22H,10H2,1H3,(H,18,21)/t11-/m0/s1. The van der Waals surface area contributed by atoms with Gasteiger partial charge in [0, 0.05) is 23.2 Å². The monoisotopic (exact) mass is 413 g/mol. The largest absolute Gasteiger partial charge is 0.289 e. The first-order valence-corrected chi connectivity index (χ1v) is 9.44. The van der Waals surface area contributed by atoms with E-state index in [9.17, 15) is 23.3 Å². The Hall–Kier alpha value is -2.53. The number of nitrogens with one attached hydrogen (secondary N) is 1. The number of carbonyl (C=O) groups excluding carboxylic acids is 1. The number of nitro benzene ring substituents is 1. The zero-order chi connectivity index (χ0) is 20.2. The van der Waals surface area contributed by atoms with E-state index in [0.29, 0.717) is 5.02 Å². The molecule has 9 nitrogen and oxygen atoms in total. The Balaban J connectivity index is 2.54. The lowest BCUT2D eigenvalue weighted by Gasteiger charge is -2.27. The molecular weight excluding hydrogens is 398 g/mol. The van der Waals surface area contributed by atoms with Crippen molar-refractivity contribution < 1.29 is 23.3 Å². The van der Waals surface area contributed by atoms with E-state index in [0.717, 1.165) is 4.31 Å². The number of nitro groups is 1. The Morgan fingerprint density at radius 1 is 1.26 bits per heavy atom. The van der Waals surface area contributed by atoms with Crippen molar-refractivity contribution in [1.82, 2.24) is 9.79 Å². The smallest absolute Gasteiger partial charge is 0.273 e. The van der Waals surface area contributed by atoms with Crippen molar-refractivity contribution in [2.75, 3.05) is 0 Å². The van der Waals surface area contributed by atoms with Crippen LogP contribution < -0.4 is 5.48 Å². The Bertz CT molecular complexity index is 949. The third-order valence-corrected chi connectivity index (χ3v) is 6.04. The lowest BCUT2D eigenvalue weighted by atomic mass is 10.1. The van der Waals surface area contributed by atoms with E-state index < -0.39 is 33.4 Å². The van der Waals surface area contributed by atoms with Gasteiger partial charge >= 0.3 is 0 Å². The van der Waals surface area contributed by atoms with Gasteiger partial charge in [-0.3, -0.25) is 20.1 Å². The lowest BCUT2D eigenvalue weighted by molar-refractivity contribution is -0.385. The average molecular weight is 414 g/mol. The molecule has 11 heteroatoms. The molecule has 0 fully saturated rings. The number of carbonyl (C=O) groups is 1. The Labute approximate surface area is 160 Å². The summed E-state index contributed by atoms with van der Waals surface area (Å²) in [5.41, 5.74) is 1.21. The van der Waals surface area contributed by atoms with Crippen LogP contribution in [0.3, 0.4) is 0 Å². The van der Waals surface area contributed by atoms with Gasteiger partial charge in [-0.05, 0) is 31.2 Å². The third kappa shape index (κ3) is 4.61. The van der Waals surface area contributed by atoms with E-state index in [1.165, 1.54) is 60.9 Å². The van der Waals surface area contributed by atoms with Crippen molar-refractivity contribution >= 4 is 33.2 Å². The average Bonchev–Trinajstić information content (AvgIpc) is 2.65. The van der Waals surface area contributed by atoms with Gasteiger partial charge < -0.3 is 0 Å². The van der Waals surface area contributed by atoms with Crippen LogP contribution in [-0.4, -0.2) is 34.8 Å². The summed E-state index contributed by atoms with van der Waals surface area (Å²) in [5, 5.41) is 20.4. The molecule has 0 aliphatic carbocycles. The molecule has 0 saturated carbocycles. The number of hydrogen-bond donors (Lipinski definition) is 2. The fourth-order valence-electron chi connectivity index (χ4n) is 2.39. The van der Waals surface area contributed by atoms with Gasteiger partial charge in [-0.25, -0.2) is 13.9 Å². The summed E-state index contributed by atoms with van der Waals surface area (Å²) < 4.78 is 26.9. The first-order valence-electron chi connectivity index (χ1n) is 7.62. The Morgan fingerprint density at radius 2 is 1.85 bits per heavy atom. The maximum absolute atomic E-state index is 13.0. The van der Waals surface area contributed by atoms with Crippen molar-refractivity contribution in [3.63, 3.8) is 0 Å². The molecule has 0 aliphatic rings. The van der Waals surface area contributed by atoms with Crippen LogP contribution in [0.25, 0.3) is 0 Å². The van der Waals surface area contributed by atoms with Crippen LogP contribution in [0.1, 0.15) is 12.5 Å². The molecule has 0 spiro atoms. The molecule has 2 aromatic carbocycles. The number of para-hydroxylation sites is 1. The number of hydrogen-bond acceptors (Lipinski definition) is 6. The van der Waals surface area contributed by atoms with Crippen molar-refractivity contribution in [1.29, 1.82) is 0 Å². The van der Waals surface area contributed by atoms with Gasteiger partial charge in [-0.2, -0.15) is 4.31 Å². The van der Waals surface area contributed by atoms with Gasteiger partial charge in [0.05, 0.1) is 9.82 Å². The molecule has 27 heavy (non-hydrogen) atoms. The van der Waals surface area contributed by atoms with Crippen LogP contribution in [0.5, 0.6) is 0 Å². The van der Waals surface area contributed by atoms with Crippen LogP contribution in [0, 0.1) is 10.1 Å². The summed E-state index contributed by atoms with van der Waals surface area (Å²) in [6.45, 7) is 0.810. The Kier molecular flexibility index (Phi) is 6.50. The zero-order valence-corrected chi connectivity index (χ0v) is 15.6. The van der Waals surface area contributed by atoms with Crippen LogP contribution in [-0.2, 0) is 21.4 Å². The van der Waals surface area contributed by atoms with Crippen molar-refractivity contribution in [2.45, 2.75) is 24.4 Å². The zero-order valence-electron chi connectivity index (χ0n) is 14.1. The summed E-state index contributed by atoms with van der Waals surface area (Å²) in [5.74, 6) is -0.980. The number of rotatable bonds is 7. The highest BCUT2D eigenvalue weighted by atomic mass is 35.5. The van der Waals surface area contributed by atoms with Gasteiger partial charge in [0.15, 0.2) is 0 Å². The SMILES string of the molecule is C[C@@H](C(=O)NO)N(Cc1ccccc1[N+](=O)[O-])S(=O)(=O)c1ccc(Cl)cc1. The van der Waals surface area contributed by atoms with Crippen LogP contribution in [0.4, 0.5) is 5.69 Å². The molecule has 0 heterocycles. The minimum Gasteiger partial charge on any atom is -0.289 e. The molecule has 144 valence electrons. The highest BCUT2D eigenvalue weighted by Gasteiger charge is 2.34. The summed E-state index contributed by atoms with van der Waals surface area (Å²) in [7, 11) is -4.23. The number of sulfonamides is 1. The molecule has 0 unspecified atom stereocenters. The number of halogens is 1. The molecule has 0 bridgehead atoms. The lowest BCUT2D eigenvalue weighted by Crippen LogP contribution is -2.46. The number of nitrogens with zero attached hydrogens (tertiary/aromatic N) is 2. The van der Waals surface area contributed by atoms with Gasteiger partial charge in [-0.1, -0.05) is 29.8 Å². The van der Waals surface area contributed by atoms with E-state index in [4.69, 9.17) is 16.8 Å². The fourth-order valence-corrected chi connectivity index (χ4v) is 4.08. The highest BCUT2D eigenvalue weighted by Crippen LogP contribution is 2.26. The van der Waals surface area contributed by atoms with E-state index >= 15 is 0 Å². The number of benzene rings is 2. The minimum absolute atomic E-state index is 0.0950. The van der Waals surface area contributed by atoms with Crippen LogP contribution in [0.15, 0.2) is 53.4 Å². The van der Waals surface area contributed by atoms with Gasteiger partial charge in [0.25, 0.3) is 11.6 Å². The van der Waals surface area contributed by atoms with Crippen LogP contribution in [0.2, 0.25) is 5.02 Å². The normalized spacial score (nSPS) is 12.6. The van der Waals surface area contributed by atoms with Gasteiger partial charge in [0.1, 0.15) is 6.04 Å². The maximum Gasteiger partial charge on any atom is 0.273 e. The first-order chi connectivity index (χ1) is 12.7. The highest BCUT2D eigenvalue weighted by molar-refractivity contribution is 7.89. The van der Waals surface area contributed by atoms with Crippen molar-refractivity contribution in [3.8, 4) is 0 Å². The van der Waals surface area contributed by atoms with Crippen molar-refractivity contribution in [2.24, 2.45) is 0 Å². The van der Waals surface area contributed by atoms with Crippen LogP contribution >= 0.6 is 11.6 Å². The minimum atomic E-state index is -4.23. The second kappa shape index (κ2) is 8.44. The summed E-state index contributed by atoms with van der Waals surface area (Å²) in [6, 6.07) is 9.51. The van der Waals surface area contributed by atoms with Gasteiger partial charge in [-0.15, -0.1) is 0 Å². The molecule has 1 amide bonds. The molecular formula is C16H16ClN3O6S. The molecule has 2 aromatic rings. The second-order valence-electron chi connectivity index (χ2n) is 5.54. The van der Waals surface area contributed by atoms with E-state index in [-0.39, 0.29) is 16.1 Å². The predicted molar refractivity (Wildman–Crippen MR) is 96.7 cm³/mol. The molecule has 0 radical (unpaired) electrons. The maximum atomic E-state index is 13.0. The molecule has 0 saturated heterocycles. The topological polar surface area (TPSA) is 130 Å². The Morgan fingerprint density at radius 3 is 2.41 bits per heavy atom. The third-order valence-electron chi connectivity index (χ3n) is 3.86. The van der Waals surface area contributed by atoms with E-state index in [1.807, 2.05) is 0 Å². The van der Waals surface area contributed by atoms with Crippen molar-refractivity contribution in [3.05, 3.63) is 69.2 Å². The first kappa shape index (κ1) is 20.8. The summed E-state index contributed by atoms with van der Waals surface area (Å²) in [6.07, 6.45) is 0. The molecule has 2 N–H and O–H groups in total. The molecule has 1 atom stereocenters. The van der Waals surface area contributed by atoms with E-state index in [1.54, 1.807) is 0 Å². The number of amides is 1. The quantitative estimate of drug-likeness (QED) is 0.407. The summed E-state index contributed by atoms with van der Waals surface area (Å²) in [4.78, 5) is 22.3.